The lowest BCUT2D eigenvalue weighted by Crippen LogP contribution is -2.51. The zero-order valence-electron chi connectivity index (χ0n) is 22.3. The van der Waals surface area contributed by atoms with E-state index in [1.807, 2.05) is 12.1 Å². The second-order valence-corrected chi connectivity index (χ2v) is 12.6. The predicted molar refractivity (Wildman–Crippen MR) is 139 cm³/mol. The largest absolute Gasteiger partial charge is 0.508 e. The van der Waals surface area contributed by atoms with Crippen molar-refractivity contribution in [1.29, 1.82) is 0 Å². The monoisotopic (exact) mass is 493 g/mol. The van der Waals surface area contributed by atoms with Gasteiger partial charge in [0, 0.05) is 24.6 Å². The number of fused-ring (bicyclic) bond motifs is 6. The van der Waals surface area contributed by atoms with Gasteiger partial charge in [0.25, 0.3) is 0 Å². The van der Waals surface area contributed by atoms with Crippen molar-refractivity contribution in [3.8, 4) is 5.75 Å². The number of hydrogen-bond donors (Lipinski definition) is 1. The molecule has 1 spiro atoms. The zero-order valence-corrected chi connectivity index (χ0v) is 22.3. The van der Waals surface area contributed by atoms with Crippen molar-refractivity contribution in [3.63, 3.8) is 0 Å². The van der Waals surface area contributed by atoms with Gasteiger partial charge in [0.2, 0.25) is 0 Å². The fourth-order valence-corrected chi connectivity index (χ4v) is 8.54. The van der Waals surface area contributed by atoms with Crippen LogP contribution < -0.4 is 0 Å². The smallest absolute Gasteiger partial charge is 0.174 e. The normalized spacial score (nSPS) is 32.6. The van der Waals surface area contributed by atoms with E-state index < -0.39 is 5.79 Å². The number of aromatic nitrogens is 3. The molecule has 36 heavy (non-hydrogen) atoms. The first-order valence-electron chi connectivity index (χ1n) is 14.4. The Bertz CT molecular complexity index is 1080. The van der Waals surface area contributed by atoms with Gasteiger partial charge in [-0.2, -0.15) is 0 Å². The Hall–Kier alpha value is -1.92. The van der Waals surface area contributed by atoms with Crippen molar-refractivity contribution in [2.45, 2.75) is 96.8 Å². The molecule has 0 amide bonds. The number of ether oxygens (including phenoxy) is 2. The number of aryl methyl sites for hydroxylation is 3. The molecular formula is C30H43N3O3. The number of phenols is 1. The Morgan fingerprint density at radius 3 is 2.83 bits per heavy atom. The third-order valence-electron chi connectivity index (χ3n) is 10.2. The molecule has 4 aliphatic rings. The van der Waals surface area contributed by atoms with E-state index in [4.69, 9.17) is 9.47 Å². The van der Waals surface area contributed by atoms with Crippen molar-refractivity contribution < 1.29 is 14.6 Å². The van der Waals surface area contributed by atoms with Crippen LogP contribution in [0.15, 0.2) is 24.4 Å². The number of benzene rings is 1. The van der Waals surface area contributed by atoms with Crippen LogP contribution in [0.2, 0.25) is 0 Å². The van der Waals surface area contributed by atoms with Crippen LogP contribution in [0, 0.1) is 29.1 Å². The summed E-state index contributed by atoms with van der Waals surface area (Å²) in [5.74, 6) is 3.14. The van der Waals surface area contributed by atoms with Gasteiger partial charge >= 0.3 is 0 Å². The molecular weight excluding hydrogens is 450 g/mol. The molecule has 2 saturated carbocycles. The number of aromatic hydroxyl groups is 1. The molecule has 6 rings (SSSR count). The first kappa shape index (κ1) is 24.4. The average Bonchev–Trinajstić information content (AvgIpc) is 3.57. The number of rotatable bonds is 7. The zero-order chi connectivity index (χ0) is 24.9. The lowest BCUT2D eigenvalue weighted by molar-refractivity contribution is -0.237. The molecule has 0 radical (unpaired) electrons. The van der Waals surface area contributed by atoms with E-state index in [9.17, 15) is 5.11 Å². The molecule has 0 bridgehead atoms. The maximum absolute atomic E-state index is 10.1. The van der Waals surface area contributed by atoms with Crippen LogP contribution in [-0.4, -0.2) is 39.1 Å². The molecule has 6 nitrogen and oxygen atoms in total. The third kappa shape index (κ3) is 4.09. The van der Waals surface area contributed by atoms with E-state index in [0.29, 0.717) is 35.3 Å². The lowest BCUT2D eigenvalue weighted by Gasteiger charge is -2.53. The Labute approximate surface area is 215 Å². The van der Waals surface area contributed by atoms with E-state index in [0.717, 1.165) is 64.0 Å². The quantitative estimate of drug-likeness (QED) is 0.522. The summed E-state index contributed by atoms with van der Waals surface area (Å²) in [6.07, 6.45) is 12.3. The average molecular weight is 494 g/mol. The number of nitrogens with zero attached hydrogens (tertiary/aromatic N) is 3. The molecule has 6 heteroatoms. The van der Waals surface area contributed by atoms with Crippen molar-refractivity contribution in [3.05, 3.63) is 41.2 Å². The summed E-state index contributed by atoms with van der Waals surface area (Å²) < 4.78 is 15.1. The Kier molecular flexibility index (Phi) is 6.40. The molecule has 1 aliphatic heterocycles. The summed E-state index contributed by atoms with van der Waals surface area (Å²) in [6, 6.07) is 6.09. The summed E-state index contributed by atoms with van der Waals surface area (Å²) >= 11 is 0. The molecule has 1 aromatic heterocycles. The van der Waals surface area contributed by atoms with Crippen LogP contribution in [0.5, 0.6) is 5.75 Å². The van der Waals surface area contributed by atoms with E-state index in [2.05, 4.69) is 48.0 Å². The van der Waals surface area contributed by atoms with Gasteiger partial charge in [0.15, 0.2) is 5.79 Å². The van der Waals surface area contributed by atoms with E-state index in [1.54, 1.807) is 0 Å². The highest BCUT2D eigenvalue weighted by atomic mass is 16.7. The second kappa shape index (κ2) is 9.43. The number of phenolic OH excluding ortho intramolecular Hbond substituents is 1. The van der Waals surface area contributed by atoms with Crippen molar-refractivity contribution in [2.75, 3.05) is 13.2 Å². The van der Waals surface area contributed by atoms with Crippen molar-refractivity contribution in [1.82, 2.24) is 15.0 Å². The minimum Gasteiger partial charge on any atom is -0.508 e. The molecule has 2 heterocycles. The van der Waals surface area contributed by atoms with Crippen molar-refractivity contribution >= 4 is 0 Å². The standard InChI is InChI=1S/C30H43N3O3/c1-20(2)6-8-23-19-33(32-31-23)14-4-5-22-18-30(35-15-16-36-30)29(3)13-12-26-25-11-9-24(34)17-21(25)7-10-27(26)28(22)29/h9,11,17,19-20,22,26-28,34H,4-8,10,12-16,18H2,1-3H3. The Balaban J connectivity index is 1.20. The molecule has 1 saturated heterocycles. The van der Waals surface area contributed by atoms with Gasteiger partial charge in [-0.25, -0.2) is 0 Å². The SMILES string of the molecule is CC(C)CCc1cn(CCCC2CC3(OCCO3)C3(C)CCC4c5ccc(O)cc5CCC4C23)nn1. The molecule has 3 fully saturated rings. The first-order chi connectivity index (χ1) is 17.4. The van der Waals surface area contributed by atoms with E-state index >= 15 is 0 Å². The fraction of sp³-hybridized carbons (Fsp3) is 0.733. The van der Waals surface area contributed by atoms with Crippen LogP contribution in [0.3, 0.4) is 0 Å². The van der Waals surface area contributed by atoms with Crippen LogP contribution in [-0.2, 0) is 28.9 Å². The van der Waals surface area contributed by atoms with Crippen LogP contribution >= 0.6 is 0 Å². The minimum atomic E-state index is -0.403. The van der Waals surface area contributed by atoms with Crippen LogP contribution in [0.4, 0.5) is 0 Å². The van der Waals surface area contributed by atoms with Crippen LogP contribution in [0.1, 0.15) is 88.5 Å². The van der Waals surface area contributed by atoms with Gasteiger partial charge in [-0.05, 0) is 104 Å². The Morgan fingerprint density at radius 2 is 2.03 bits per heavy atom. The maximum atomic E-state index is 10.1. The molecule has 5 atom stereocenters. The summed E-state index contributed by atoms with van der Waals surface area (Å²) in [4.78, 5) is 0. The molecule has 3 aliphatic carbocycles. The molecule has 1 aromatic carbocycles. The van der Waals surface area contributed by atoms with Gasteiger partial charge < -0.3 is 14.6 Å². The molecule has 2 aromatic rings. The van der Waals surface area contributed by atoms with Gasteiger partial charge in [0.1, 0.15) is 5.75 Å². The minimum absolute atomic E-state index is 0.0705. The fourth-order valence-electron chi connectivity index (χ4n) is 8.54. The topological polar surface area (TPSA) is 69.4 Å². The summed E-state index contributed by atoms with van der Waals surface area (Å²) in [7, 11) is 0. The van der Waals surface area contributed by atoms with Crippen molar-refractivity contribution in [2.24, 2.45) is 29.1 Å². The summed E-state index contributed by atoms with van der Waals surface area (Å²) in [5, 5.41) is 18.9. The Morgan fingerprint density at radius 1 is 1.19 bits per heavy atom. The highest BCUT2D eigenvalue weighted by Gasteiger charge is 2.68. The second-order valence-electron chi connectivity index (χ2n) is 12.6. The van der Waals surface area contributed by atoms with E-state index in [1.165, 1.54) is 30.4 Å². The first-order valence-corrected chi connectivity index (χ1v) is 14.4. The van der Waals surface area contributed by atoms with E-state index in [-0.39, 0.29) is 5.41 Å². The highest BCUT2D eigenvalue weighted by molar-refractivity contribution is 5.40. The van der Waals surface area contributed by atoms with Crippen LogP contribution in [0.25, 0.3) is 0 Å². The number of hydrogen-bond acceptors (Lipinski definition) is 5. The van der Waals surface area contributed by atoms with Gasteiger partial charge in [-0.15, -0.1) is 5.10 Å². The lowest BCUT2D eigenvalue weighted by atomic mass is 9.53. The molecule has 1 N–H and O–H groups in total. The third-order valence-corrected chi connectivity index (χ3v) is 10.2. The summed E-state index contributed by atoms with van der Waals surface area (Å²) in [5.41, 5.74) is 4.03. The highest BCUT2D eigenvalue weighted by Crippen LogP contribution is 2.68. The summed E-state index contributed by atoms with van der Waals surface area (Å²) in [6.45, 7) is 9.38. The van der Waals surface area contributed by atoms with Gasteiger partial charge in [-0.1, -0.05) is 32.1 Å². The molecule has 196 valence electrons. The predicted octanol–water partition coefficient (Wildman–Crippen LogP) is 5.88. The maximum Gasteiger partial charge on any atom is 0.174 e. The molecule has 5 unspecified atom stereocenters. The van der Waals surface area contributed by atoms with Gasteiger partial charge in [0.05, 0.1) is 18.9 Å². The van der Waals surface area contributed by atoms with Gasteiger partial charge in [-0.3, -0.25) is 4.68 Å².